The van der Waals surface area contributed by atoms with Crippen LogP contribution >= 0.6 is 0 Å². The van der Waals surface area contributed by atoms with Crippen molar-refractivity contribution in [1.82, 2.24) is 0 Å². The predicted molar refractivity (Wildman–Crippen MR) is 73.0 cm³/mol. The number of benzene rings is 1. The summed E-state index contributed by atoms with van der Waals surface area (Å²) in [6, 6.07) is 4.77. The molecule has 1 aromatic carbocycles. The van der Waals surface area contributed by atoms with Crippen molar-refractivity contribution in [2.75, 3.05) is 0 Å². The molecule has 1 fully saturated rings. The maximum atomic E-state index is 12.8. The molecular weight excluding hydrogens is 281 g/mol. The molecule has 1 atom stereocenters. The van der Waals surface area contributed by atoms with Crippen LogP contribution in [0.3, 0.4) is 0 Å². The highest BCUT2D eigenvalue weighted by Gasteiger charge is 2.34. The van der Waals surface area contributed by atoms with Crippen molar-refractivity contribution < 1.29 is 23.1 Å². The summed E-state index contributed by atoms with van der Waals surface area (Å²) in [5, 5.41) is 9.48. The molecule has 1 unspecified atom stereocenters. The number of hydrogen-bond acceptors (Lipinski definition) is 1. The van der Waals surface area contributed by atoms with E-state index in [2.05, 4.69) is 0 Å². The quantitative estimate of drug-likeness (QED) is 0.811. The minimum Gasteiger partial charge on any atom is -0.481 e. The molecule has 0 bridgehead atoms. The standard InChI is InChI=1S/C16H19F3O2/c17-16(18,19)13-9-5-8-12(10-13)14(15(20)21)11-6-3-1-2-4-7-11/h5,8-11,14H,1-4,6-7H2,(H,20,21). The van der Waals surface area contributed by atoms with Crippen LogP contribution in [-0.4, -0.2) is 11.1 Å². The van der Waals surface area contributed by atoms with E-state index in [0.29, 0.717) is 0 Å². The van der Waals surface area contributed by atoms with Crippen LogP contribution in [0.2, 0.25) is 0 Å². The highest BCUT2D eigenvalue weighted by molar-refractivity contribution is 5.76. The van der Waals surface area contributed by atoms with Crippen LogP contribution in [-0.2, 0) is 11.0 Å². The Hall–Kier alpha value is -1.52. The van der Waals surface area contributed by atoms with Crippen LogP contribution in [0.1, 0.15) is 55.6 Å². The van der Waals surface area contributed by atoms with Crippen molar-refractivity contribution in [2.24, 2.45) is 5.92 Å². The smallest absolute Gasteiger partial charge is 0.416 e. The molecule has 0 heterocycles. The Morgan fingerprint density at radius 2 is 1.76 bits per heavy atom. The minimum atomic E-state index is -4.44. The lowest BCUT2D eigenvalue weighted by Gasteiger charge is -2.23. The first kappa shape index (κ1) is 15.9. The second-order valence-corrected chi connectivity index (χ2v) is 5.69. The number of halogens is 3. The zero-order valence-electron chi connectivity index (χ0n) is 11.7. The molecular formula is C16H19F3O2. The molecule has 5 heteroatoms. The SMILES string of the molecule is O=C(O)C(c1cccc(C(F)(F)F)c1)C1CCCCCC1. The van der Waals surface area contributed by atoms with Crippen molar-refractivity contribution in [1.29, 1.82) is 0 Å². The molecule has 2 rings (SSSR count). The Kier molecular flexibility index (Phi) is 4.91. The van der Waals surface area contributed by atoms with Gasteiger partial charge in [0.25, 0.3) is 0 Å². The zero-order valence-corrected chi connectivity index (χ0v) is 11.7. The molecule has 2 nitrogen and oxygen atoms in total. The molecule has 0 amide bonds. The van der Waals surface area contributed by atoms with Crippen molar-refractivity contribution in [2.45, 2.75) is 50.6 Å². The summed E-state index contributed by atoms with van der Waals surface area (Å²) in [4.78, 5) is 11.6. The average molecular weight is 300 g/mol. The second kappa shape index (κ2) is 6.50. The number of carboxylic acid groups (broad SMARTS) is 1. The van der Waals surface area contributed by atoms with Crippen LogP contribution in [0.15, 0.2) is 24.3 Å². The van der Waals surface area contributed by atoms with Gasteiger partial charge in [-0.3, -0.25) is 4.79 Å². The fraction of sp³-hybridized carbons (Fsp3) is 0.562. The predicted octanol–water partition coefficient (Wildman–Crippen LogP) is 4.84. The van der Waals surface area contributed by atoms with Gasteiger partial charge in [-0.05, 0) is 30.4 Å². The van der Waals surface area contributed by atoms with Gasteiger partial charge in [0.15, 0.2) is 0 Å². The highest BCUT2D eigenvalue weighted by atomic mass is 19.4. The van der Waals surface area contributed by atoms with Gasteiger partial charge in [0.1, 0.15) is 0 Å². The first-order chi connectivity index (χ1) is 9.89. The summed E-state index contributed by atoms with van der Waals surface area (Å²) < 4.78 is 38.4. The van der Waals surface area contributed by atoms with Gasteiger partial charge in [-0.1, -0.05) is 43.9 Å². The summed E-state index contributed by atoms with van der Waals surface area (Å²) in [6.07, 6.45) is 1.15. The summed E-state index contributed by atoms with van der Waals surface area (Å²) in [7, 11) is 0. The highest BCUT2D eigenvalue weighted by Crippen LogP contribution is 2.37. The van der Waals surface area contributed by atoms with E-state index in [1.165, 1.54) is 12.1 Å². The van der Waals surface area contributed by atoms with E-state index in [4.69, 9.17) is 0 Å². The van der Waals surface area contributed by atoms with Crippen molar-refractivity contribution in [3.05, 3.63) is 35.4 Å². The largest absolute Gasteiger partial charge is 0.481 e. The number of carboxylic acids is 1. The molecule has 0 spiro atoms. The topological polar surface area (TPSA) is 37.3 Å². The van der Waals surface area contributed by atoms with Gasteiger partial charge in [-0.15, -0.1) is 0 Å². The molecule has 1 aliphatic rings. The normalized spacial score (nSPS) is 19.0. The first-order valence-corrected chi connectivity index (χ1v) is 7.29. The minimum absolute atomic E-state index is 0.0755. The lowest BCUT2D eigenvalue weighted by atomic mass is 9.81. The number of carbonyl (C=O) groups is 1. The van der Waals surface area contributed by atoms with Crippen LogP contribution < -0.4 is 0 Å². The lowest BCUT2D eigenvalue weighted by Crippen LogP contribution is -2.22. The molecule has 116 valence electrons. The van der Waals surface area contributed by atoms with E-state index >= 15 is 0 Å². The Labute approximate surface area is 122 Å². The van der Waals surface area contributed by atoms with Crippen molar-refractivity contribution in [3.63, 3.8) is 0 Å². The summed E-state index contributed by atoms with van der Waals surface area (Å²) >= 11 is 0. The number of rotatable bonds is 3. The average Bonchev–Trinajstić information content (AvgIpc) is 2.67. The monoisotopic (exact) mass is 300 g/mol. The second-order valence-electron chi connectivity index (χ2n) is 5.69. The van der Waals surface area contributed by atoms with E-state index < -0.39 is 23.6 Å². The van der Waals surface area contributed by atoms with Gasteiger partial charge in [0.05, 0.1) is 11.5 Å². The molecule has 0 aromatic heterocycles. The third-order valence-corrected chi connectivity index (χ3v) is 4.21. The fourth-order valence-electron chi connectivity index (χ4n) is 3.17. The van der Waals surface area contributed by atoms with Crippen LogP contribution in [0, 0.1) is 5.92 Å². The van der Waals surface area contributed by atoms with Gasteiger partial charge in [0, 0.05) is 0 Å². The van der Waals surface area contributed by atoms with Gasteiger partial charge in [-0.2, -0.15) is 13.2 Å². The van der Waals surface area contributed by atoms with Crippen LogP contribution in [0.5, 0.6) is 0 Å². The van der Waals surface area contributed by atoms with E-state index in [-0.39, 0.29) is 11.5 Å². The van der Waals surface area contributed by atoms with E-state index in [0.717, 1.165) is 50.7 Å². The Bertz CT molecular complexity index is 489. The van der Waals surface area contributed by atoms with Crippen LogP contribution in [0.4, 0.5) is 13.2 Å². The molecule has 0 saturated heterocycles. The molecule has 1 aliphatic carbocycles. The Morgan fingerprint density at radius 1 is 1.14 bits per heavy atom. The maximum absolute atomic E-state index is 12.8. The third-order valence-electron chi connectivity index (χ3n) is 4.21. The number of hydrogen-bond donors (Lipinski definition) is 1. The molecule has 1 N–H and O–H groups in total. The van der Waals surface area contributed by atoms with E-state index in [9.17, 15) is 23.1 Å². The number of aliphatic carboxylic acids is 1. The molecule has 0 aliphatic heterocycles. The van der Waals surface area contributed by atoms with Crippen molar-refractivity contribution in [3.8, 4) is 0 Å². The maximum Gasteiger partial charge on any atom is 0.416 e. The Morgan fingerprint density at radius 3 is 2.29 bits per heavy atom. The van der Waals surface area contributed by atoms with Gasteiger partial charge >= 0.3 is 12.1 Å². The van der Waals surface area contributed by atoms with Gasteiger partial charge in [0.2, 0.25) is 0 Å². The fourth-order valence-corrected chi connectivity index (χ4v) is 3.17. The van der Waals surface area contributed by atoms with Crippen molar-refractivity contribution >= 4 is 5.97 Å². The van der Waals surface area contributed by atoms with Gasteiger partial charge < -0.3 is 5.11 Å². The van der Waals surface area contributed by atoms with E-state index in [1.54, 1.807) is 0 Å². The Balaban J connectivity index is 2.31. The lowest BCUT2D eigenvalue weighted by molar-refractivity contribution is -0.141. The third kappa shape index (κ3) is 3.99. The number of alkyl halides is 3. The molecule has 21 heavy (non-hydrogen) atoms. The summed E-state index contributed by atoms with van der Waals surface area (Å²) in [5.41, 5.74) is -0.510. The first-order valence-electron chi connectivity index (χ1n) is 7.29. The summed E-state index contributed by atoms with van der Waals surface area (Å²) in [5.74, 6) is -1.94. The van der Waals surface area contributed by atoms with E-state index in [1.807, 2.05) is 0 Å². The zero-order chi connectivity index (χ0) is 15.5. The molecule has 0 radical (unpaired) electrons. The molecule has 1 saturated carbocycles. The van der Waals surface area contributed by atoms with Gasteiger partial charge in [-0.25, -0.2) is 0 Å². The molecule has 1 aromatic rings. The summed E-state index contributed by atoms with van der Waals surface area (Å²) in [6.45, 7) is 0. The van der Waals surface area contributed by atoms with Crippen LogP contribution in [0.25, 0.3) is 0 Å².